The monoisotopic (exact) mass is 302 g/mol. The summed E-state index contributed by atoms with van der Waals surface area (Å²) in [4.78, 5) is 4.10. The molecule has 1 aromatic heterocycles. The average molecular weight is 304 g/mol. The predicted octanol–water partition coefficient (Wildman–Crippen LogP) is 4.34. The quantitative estimate of drug-likeness (QED) is 0.840. The minimum atomic E-state index is 0.513. The summed E-state index contributed by atoms with van der Waals surface area (Å²) in [5.74, 6) is 1.68. The molecule has 1 saturated carbocycles. The number of pyridine rings is 1. The molecule has 1 aromatic rings. The summed E-state index contributed by atoms with van der Waals surface area (Å²) in [6.07, 6.45) is 4.31. The molecular weight excluding hydrogens is 288 g/mol. The Kier molecular flexibility index (Phi) is 3.75. The molecule has 0 radical (unpaired) electrons. The van der Waals surface area contributed by atoms with Crippen molar-refractivity contribution in [3.63, 3.8) is 0 Å². The molecule has 0 saturated heterocycles. The normalized spacial score (nSPS) is 24.3. The largest absolute Gasteiger partial charge is 0.381 e. The molecule has 1 aliphatic carbocycles. The molecule has 1 fully saturated rings. The van der Waals surface area contributed by atoms with E-state index in [0.717, 1.165) is 22.0 Å². The Bertz CT molecular complexity index is 375. The highest BCUT2D eigenvalue weighted by atomic mass is 79.9. The molecule has 0 atom stereocenters. The van der Waals surface area contributed by atoms with E-state index in [2.05, 4.69) is 40.1 Å². The Morgan fingerprint density at radius 1 is 1.50 bits per heavy atom. The van der Waals surface area contributed by atoms with Crippen LogP contribution in [-0.2, 0) is 0 Å². The van der Waals surface area contributed by atoms with E-state index in [1.165, 1.54) is 12.8 Å². The first-order valence-corrected chi connectivity index (χ1v) is 6.81. The summed E-state index contributed by atoms with van der Waals surface area (Å²) in [7, 11) is 0. The van der Waals surface area contributed by atoms with Gasteiger partial charge in [0.15, 0.2) is 0 Å². The Balaban J connectivity index is 1.89. The van der Waals surface area contributed by atoms with Crippen LogP contribution in [0.3, 0.4) is 0 Å². The highest BCUT2D eigenvalue weighted by Crippen LogP contribution is 2.35. The number of nitrogens with zero attached hydrogens (tertiary/aromatic N) is 1. The third-order valence-corrected chi connectivity index (χ3v) is 4.42. The molecule has 1 aliphatic rings. The maximum absolute atomic E-state index is 5.84. The number of hydrogen-bond donors (Lipinski definition) is 1. The van der Waals surface area contributed by atoms with Crippen LogP contribution in [-0.4, -0.2) is 11.0 Å². The molecule has 1 heterocycles. The second kappa shape index (κ2) is 4.92. The van der Waals surface area contributed by atoms with Gasteiger partial charge in [0.05, 0.1) is 16.4 Å². The van der Waals surface area contributed by atoms with Gasteiger partial charge < -0.3 is 5.32 Å². The van der Waals surface area contributed by atoms with E-state index >= 15 is 0 Å². The Labute approximate surface area is 110 Å². The molecule has 16 heavy (non-hydrogen) atoms. The van der Waals surface area contributed by atoms with E-state index in [4.69, 9.17) is 11.6 Å². The van der Waals surface area contributed by atoms with Crippen molar-refractivity contribution in [2.45, 2.75) is 32.7 Å². The van der Waals surface area contributed by atoms with Gasteiger partial charge in [-0.1, -0.05) is 25.4 Å². The van der Waals surface area contributed by atoms with Crippen LogP contribution in [0.25, 0.3) is 0 Å². The van der Waals surface area contributed by atoms with E-state index in [9.17, 15) is 0 Å². The molecule has 0 unspecified atom stereocenters. The number of rotatable bonds is 3. The lowest BCUT2D eigenvalue weighted by molar-refractivity contribution is 0.212. The number of anilines is 1. The van der Waals surface area contributed by atoms with Gasteiger partial charge in [0.25, 0.3) is 0 Å². The molecule has 0 spiro atoms. The van der Waals surface area contributed by atoms with Gasteiger partial charge in [0.2, 0.25) is 0 Å². The summed E-state index contributed by atoms with van der Waals surface area (Å²) < 4.78 is 0.846. The highest BCUT2D eigenvalue weighted by molar-refractivity contribution is 9.10. The molecule has 88 valence electrons. The van der Waals surface area contributed by atoms with Crippen LogP contribution in [0, 0.1) is 11.8 Å². The smallest absolute Gasteiger partial charge is 0.143 e. The zero-order valence-electron chi connectivity index (χ0n) is 9.50. The van der Waals surface area contributed by atoms with Crippen molar-refractivity contribution in [1.82, 2.24) is 4.98 Å². The third kappa shape index (κ3) is 2.69. The summed E-state index contributed by atoms with van der Waals surface area (Å²) in [5.41, 5.74) is 1.04. The van der Waals surface area contributed by atoms with Gasteiger partial charge >= 0.3 is 0 Å². The van der Waals surface area contributed by atoms with Gasteiger partial charge in [-0.2, -0.15) is 0 Å². The van der Waals surface area contributed by atoms with E-state index in [1.54, 1.807) is 6.20 Å². The van der Waals surface area contributed by atoms with Crippen LogP contribution in [0.15, 0.2) is 16.7 Å². The van der Waals surface area contributed by atoms with Crippen molar-refractivity contribution in [2.75, 3.05) is 5.32 Å². The van der Waals surface area contributed by atoms with Crippen LogP contribution >= 0.6 is 27.5 Å². The minimum Gasteiger partial charge on any atom is -0.381 e. The summed E-state index contributed by atoms with van der Waals surface area (Å²) >= 11 is 9.22. The molecule has 2 nitrogen and oxygen atoms in total. The average Bonchev–Trinajstić information content (AvgIpc) is 2.15. The predicted molar refractivity (Wildman–Crippen MR) is 71.9 cm³/mol. The molecule has 0 aromatic carbocycles. The van der Waals surface area contributed by atoms with E-state index in [0.29, 0.717) is 11.2 Å². The van der Waals surface area contributed by atoms with Gasteiger partial charge in [-0.15, -0.1) is 0 Å². The number of halogens is 2. The fourth-order valence-electron chi connectivity index (χ4n) is 2.06. The molecule has 4 heteroatoms. The number of aromatic nitrogens is 1. The summed E-state index contributed by atoms with van der Waals surface area (Å²) in [5, 5.41) is 3.99. The van der Waals surface area contributed by atoms with Crippen molar-refractivity contribution in [2.24, 2.45) is 11.8 Å². The SMILES string of the molecule is CC(C)C1CC(Nc2cnc(Cl)c(Br)c2)C1. The molecule has 0 bridgehead atoms. The van der Waals surface area contributed by atoms with E-state index in [-0.39, 0.29) is 0 Å². The maximum atomic E-state index is 5.84. The van der Waals surface area contributed by atoms with Gasteiger partial charge in [0.1, 0.15) is 5.15 Å². The first-order valence-electron chi connectivity index (χ1n) is 5.64. The van der Waals surface area contributed by atoms with Crippen LogP contribution in [0.5, 0.6) is 0 Å². The first kappa shape index (κ1) is 12.2. The number of nitrogens with one attached hydrogen (secondary N) is 1. The van der Waals surface area contributed by atoms with E-state index < -0.39 is 0 Å². The zero-order chi connectivity index (χ0) is 11.7. The van der Waals surface area contributed by atoms with Crippen molar-refractivity contribution >= 4 is 33.2 Å². The minimum absolute atomic E-state index is 0.513. The van der Waals surface area contributed by atoms with Gasteiger partial charge in [0, 0.05) is 6.04 Å². The highest BCUT2D eigenvalue weighted by Gasteiger charge is 2.30. The van der Waals surface area contributed by atoms with Crippen molar-refractivity contribution in [1.29, 1.82) is 0 Å². The van der Waals surface area contributed by atoms with Gasteiger partial charge in [-0.05, 0) is 46.7 Å². The second-order valence-corrected chi connectivity index (χ2v) is 6.03. The van der Waals surface area contributed by atoms with Crippen molar-refractivity contribution in [3.8, 4) is 0 Å². The van der Waals surface area contributed by atoms with Crippen molar-refractivity contribution < 1.29 is 0 Å². The lowest BCUT2D eigenvalue weighted by Crippen LogP contribution is -2.37. The number of hydrogen-bond acceptors (Lipinski definition) is 2. The Hall–Kier alpha value is -0.280. The first-order chi connectivity index (χ1) is 7.56. The maximum Gasteiger partial charge on any atom is 0.143 e. The van der Waals surface area contributed by atoms with Crippen LogP contribution in [0.4, 0.5) is 5.69 Å². The second-order valence-electron chi connectivity index (χ2n) is 4.81. The van der Waals surface area contributed by atoms with Crippen LogP contribution < -0.4 is 5.32 Å². The van der Waals surface area contributed by atoms with E-state index in [1.807, 2.05) is 6.07 Å². The topological polar surface area (TPSA) is 24.9 Å². The molecule has 0 amide bonds. The van der Waals surface area contributed by atoms with Crippen LogP contribution in [0.2, 0.25) is 5.15 Å². The standard InChI is InChI=1S/C12H16BrClN2/c1-7(2)8-3-9(4-8)16-10-5-11(13)12(14)15-6-10/h5-9,16H,3-4H2,1-2H3. The van der Waals surface area contributed by atoms with Crippen LogP contribution in [0.1, 0.15) is 26.7 Å². The third-order valence-electron chi connectivity index (χ3n) is 3.28. The summed E-state index contributed by atoms with van der Waals surface area (Å²) in [6, 6.07) is 2.58. The summed E-state index contributed by atoms with van der Waals surface area (Å²) in [6.45, 7) is 4.59. The lowest BCUT2D eigenvalue weighted by atomic mass is 9.73. The molecule has 2 rings (SSSR count). The Morgan fingerprint density at radius 3 is 2.75 bits per heavy atom. The van der Waals surface area contributed by atoms with Gasteiger partial charge in [-0.3, -0.25) is 0 Å². The zero-order valence-corrected chi connectivity index (χ0v) is 11.8. The fourth-order valence-corrected chi connectivity index (χ4v) is 2.51. The van der Waals surface area contributed by atoms with Gasteiger partial charge in [-0.25, -0.2) is 4.98 Å². The van der Waals surface area contributed by atoms with Crippen molar-refractivity contribution in [3.05, 3.63) is 21.9 Å². The Morgan fingerprint density at radius 2 is 2.19 bits per heavy atom. The molecular formula is C12H16BrClN2. The lowest BCUT2D eigenvalue weighted by Gasteiger charge is -2.39. The molecule has 1 N–H and O–H groups in total. The molecule has 0 aliphatic heterocycles. The fraction of sp³-hybridized carbons (Fsp3) is 0.583.